The van der Waals surface area contributed by atoms with Gasteiger partial charge in [-0.3, -0.25) is 4.79 Å². The van der Waals surface area contributed by atoms with Gasteiger partial charge in [-0.25, -0.2) is 0 Å². The van der Waals surface area contributed by atoms with E-state index in [9.17, 15) is 9.90 Å². The SMILES string of the molecule is COc1cc(/C=C/C(=O)NCCCN(C)Cc2ccccc2OC)ccc1O. The van der Waals surface area contributed by atoms with Crippen molar-refractivity contribution in [2.24, 2.45) is 0 Å². The molecule has 2 N–H and O–H groups in total. The Morgan fingerprint density at radius 1 is 1.14 bits per heavy atom. The van der Waals surface area contributed by atoms with Gasteiger partial charge in [0, 0.05) is 24.7 Å². The smallest absolute Gasteiger partial charge is 0.243 e. The van der Waals surface area contributed by atoms with Crippen LogP contribution in [-0.4, -0.2) is 50.3 Å². The van der Waals surface area contributed by atoms with Crippen molar-refractivity contribution in [3.8, 4) is 17.2 Å². The van der Waals surface area contributed by atoms with E-state index in [1.54, 1.807) is 25.3 Å². The van der Waals surface area contributed by atoms with E-state index >= 15 is 0 Å². The number of methoxy groups -OCH3 is 2. The summed E-state index contributed by atoms with van der Waals surface area (Å²) in [6, 6.07) is 12.9. The highest BCUT2D eigenvalue weighted by atomic mass is 16.5. The first-order valence-corrected chi connectivity index (χ1v) is 9.17. The number of hydrogen-bond donors (Lipinski definition) is 2. The van der Waals surface area contributed by atoms with Gasteiger partial charge in [0.25, 0.3) is 0 Å². The van der Waals surface area contributed by atoms with Crippen LogP contribution in [0.25, 0.3) is 6.08 Å². The molecule has 0 aromatic heterocycles. The molecule has 6 heteroatoms. The summed E-state index contributed by atoms with van der Waals surface area (Å²) in [5, 5.41) is 12.5. The molecule has 0 radical (unpaired) electrons. The number of carbonyl (C=O) groups excluding carboxylic acids is 1. The second-order valence-corrected chi connectivity index (χ2v) is 6.46. The summed E-state index contributed by atoms with van der Waals surface area (Å²) in [6.07, 6.45) is 4.01. The zero-order valence-electron chi connectivity index (χ0n) is 16.6. The van der Waals surface area contributed by atoms with Crippen molar-refractivity contribution in [2.75, 3.05) is 34.4 Å². The number of aromatic hydroxyl groups is 1. The van der Waals surface area contributed by atoms with Gasteiger partial charge in [-0.1, -0.05) is 24.3 Å². The summed E-state index contributed by atoms with van der Waals surface area (Å²) in [5.74, 6) is 1.18. The molecule has 0 fully saturated rings. The van der Waals surface area contributed by atoms with Crippen molar-refractivity contribution in [1.29, 1.82) is 0 Å². The van der Waals surface area contributed by atoms with E-state index in [0.717, 1.165) is 36.4 Å². The Labute approximate surface area is 166 Å². The zero-order valence-corrected chi connectivity index (χ0v) is 16.6. The van der Waals surface area contributed by atoms with Gasteiger partial charge in [0.2, 0.25) is 5.91 Å². The number of para-hydroxylation sites is 1. The molecule has 0 atom stereocenters. The van der Waals surface area contributed by atoms with Crippen molar-refractivity contribution in [3.63, 3.8) is 0 Å². The second kappa shape index (κ2) is 11.0. The third kappa shape index (κ3) is 6.63. The lowest BCUT2D eigenvalue weighted by atomic mass is 10.2. The number of rotatable bonds is 10. The van der Waals surface area contributed by atoms with Gasteiger partial charge in [0.15, 0.2) is 11.5 Å². The van der Waals surface area contributed by atoms with Gasteiger partial charge < -0.3 is 24.8 Å². The monoisotopic (exact) mass is 384 g/mol. The normalized spacial score (nSPS) is 11.0. The van der Waals surface area contributed by atoms with Gasteiger partial charge >= 0.3 is 0 Å². The van der Waals surface area contributed by atoms with Crippen molar-refractivity contribution >= 4 is 12.0 Å². The number of ether oxygens (including phenoxy) is 2. The van der Waals surface area contributed by atoms with Crippen molar-refractivity contribution in [3.05, 3.63) is 59.7 Å². The molecule has 150 valence electrons. The van der Waals surface area contributed by atoms with Crippen molar-refractivity contribution in [1.82, 2.24) is 10.2 Å². The van der Waals surface area contributed by atoms with Crippen LogP contribution >= 0.6 is 0 Å². The Balaban J connectivity index is 1.72. The van der Waals surface area contributed by atoms with E-state index in [-0.39, 0.29) is 11.7 Å². The molecule has 0 saturated heterocycles. The minimum absolute atomic E-state index is 0.0707. The van der Waals surface area contributed by atoms with Crippen LogP contribution in [0.2, 0.25) is 0 Å². The molecule has 2 aromatic carbocycles. The van der Waals surface area contributed by atoms with Crippen LogP contribution in [0.3, 0.4) is 0 Å². The molecule has 0 unspecified atom stereocenters. The molecule has 6 nitrogen and oxygen atoms in total. The average Bonchev–Trinajstić information content (AvgIpc) is 2.71. The number of phenols is 1. The molecule has 0 aliphatic carbocycles. The highest BCUT2D eigenvalue weighted by Crippen LogP contribution is 2.26. The van der Waals surface area contributed by atoms with E-state index in [0.29, 0.717) is 12.3 Å². The zero-order chi connectivity index (χ0) is 20.4. The third-order valence-corrected chi connectivity index (χ3v) is 4.28. The van der Waals surface area contributed by atoms with Crippen LogP contribution < -0.4 is 14.8 Å². The molecule has 0 heterocycles. The van der Waals surface area contributed by atoms with Crippen LogP contribution in [0, 0.1) is 0 Å². The second-order valence-electron chi connectivity index (χ2n) is 6.46. The fourth-order valence-electron chi connectivity index (χ4n) is 2.79. The maximum absolute atomic E-state index is 11.9. The first-order valence-electron chi connectivity index (χ1n) is 9.17. The van der Waals surface area contributed by atoms with Crippen LogP contribution in [0.1, 0.15) is 17.5 Å². The molecule has 0 aliphatic rings. The predicted octanol–water partition coefficient (Wildman–Crippen LogP) is 3.06. The lowest BCUT2D eigenvalue weighted by molar-refractivity contribution is -0.116. The number of amides is 1. The van der Waals surface area contributed by atoms with E-state index in [1.807, 2.05) is 25.2 Å². The highest BCUT2D eigenvalue weighted by molar-refractivity contribution is 5.91. The number of benzene rings is 2. The van der Waals surface area contributed by atoms with Crippen LogP contribution in [0.15, 0.2) is 48.5 Å². The van der Waals surface area contributed by atoms with Crippen molar-refractivity contribution < 1.29 is 19.4 Å². The lowest BCUT2D eigenvalue weighted by Crippen LogP contribution is -2.27. The number of carbonyl (C=O) groups is 1. The third-order valence-electron chi connectivity index (χ3n) is 4.28. The lowest BCUT2D eigenvalue weighted by Gasteiger charge is -2.18. The van der Waals surface area contributed by atoms with E-state index in [4.69, 9.17) is 9.47 Å². The Bertz CT molecular complexity index is 805. The summed E-state index contributed by atoms with van der Waals surface area (Å²) in [4.78, 5) is 14.1. The molecule has 1 amide bonds. The maximum Gasteiger partial charge on any atom is 0.243 e. The summed E-state index contributed by atoms with van der Waals surface area (Å²) in [5.41, 5.74) is 1.92. The Morgan fingerprint density at radius 2 is 1.89 bits per heavy atom. The Kier molecular flexibility index (Phi) is 8.37. The maximum atomic E-state index is 11.9. The minimum Gasteiger partial charge on any atom is -0.504 e. The molecule has 0 spiro atoms. The minimum atomic E-state index is -0.153. The van der Waals surface area contributed by atoms with Gasteiger partial charge in [0.05, 0.1) is 14.2 Å². The van der Waals surface area contributed by atoms with Crippen molar-refractivity contribution in [2.45, 2.75) is 13.0 Å². The average molecular weight is 384 g/mol. The predicted molar refractivity (Wildman–Crippen MR) is 111 cm³/mol. The molecule has 2 rings (SSSR count). The van der Waals surface area contributed by atoms with Gasteiger partial charge in [-0.2, -0.15) is 0 Å². The Hall–Kier alpha value is -2.99. The van der Waals surface area contributed by atoms with Crippen LogP contribution in [0.4, 0.5) is 0 Å². The fourth-order valence-corrected chi connectivity index (χ4v) is 2.79. The first kappa shape index (κ1) is 21.3. The van der Waals surface area contributed by atoms with Crippen LogP contribution in [0.5, 0.6) is 17.2 Å². The summed E-state index contributed by atoms with van der Waals surface area (Å²) < 4.78 is 10.4. The molecule has 2 aromatic rings. The van der Waals surface area contributed by atoms with E-state index < -0.39 is 0 Å². The van der Waals surface area contributed by atoms with E-state index in [1.165, 1.54) is 19.3 Å². The Morgan fingerprint density at radius 3 is 2.64 bits per heavy atom. The largest absolute Gasteiger partial charge is 0.504 e. The topological polar surface area (TPSA) is 71.0 Å². The molecular formula is C22H28N2O4. The molecule has 0 bridgehead atoms. The standard InChI is InChI=1S/C22H28N2O4/c1-24(16-18-7-4-5-8-20(18)27-2)14-6-13-23-22(26)12-10-17-9-11-19(25)21(15-17)28-3/h4-5,7-12,15,25H,6,13-14,16H2,1-3H3,(H,23,26)/b12-10+. The molecular weight excluding hydrogens is 356 g/mol. The fraction of sp³-hybridized carbons (Fsp3) is 0.318. The first-order chi connectivity index (χ1) is 13.5. The van der Waals surface area contributed by atoms with Crippen LogP contribution in [-0.2, 0) is 11.3 Å². The molecule has 0 aliphatic heterocycles. The summed E-state index contributed by atoms with van der Waals surface area (Å²) >= 11 is 0. The summed E-state index contributed by atoms with van der Waals surface area (Å²) in [6.45, 7) is 2.25. The molecule has 0 saturated carbocycles. The number of nitrogens with zero attached hydrogens (tertiary/aromatic N) is 1. The van der Waals surface area contributed by atoms with E-state index in [2.05, 4.69) is 16.3 Å². The number of nitrogens with one attached hydrogen (secondary N) is 1. The van der Waals surface area contributed by atoms with Gasteiger partial charge in [0.1, 0.15) is 5.75 Å². The number of hydrogen-bond acceptors (Lipinski definition) is 5. The summed E-state index contributed by atoms with van der Waals surface area (Å²) in [7, 11) is 5.21. The van der Waals surface area contributed by atoms with Gasteiger partial charge in [-0.05, 0) is 49.9 Å². The highest BCUT2D eigenvalue weighted by Gasteiger charge is 2.06. The quantitative estimate of drug-likeness (QED) is 0.487. The van der Waals surface area contributed by atoms with Gasteiger partial charge in [-0.15, -0.1) is 0 Å². The number of phenolic OH excluding ortho intramolecular Hbond substituents is 1. The molecule has 28 heavy (non-hydrogen) atoms.